The molecule has 1 saturated heterocycles. The smallest absolute Gasteiger partial charge is 0.428 e. The van der Waals surface area contributed by atoms with Crippen molar-refractivity contribution >= 4 is 17.6 Å². The normalized spacial score (nSPS) is 16.5. The number of likely N-dealkylation sites (tertiary alicyclic amines) is 1. The summed E-state index contributed by atoms with van der Waals surface area (Å²) in [5.74, 6) is -11.4. The maximum atomic E-state index is 14.1. The van der Waals surface area contributed by atoms with Gasteiger partial charge in [-0.1, -0.05) is 47.5 Å². The number of benzene rings is 2. The van der Waals surface area contributed by atoms with Gasteiger partial charge in [-0.05, 0) is 36.8 Å². The van der Waals surface area contributed by atoms with Crippen LogP contribution in [0.25, 0.3) is 0 Å². The number of aryl methyl sites for hydroxylation is 1. The Bertz CT molecular complexity index is 1310. The molecule has 0 radical (unpaired) electrons. The third-order valence-electron chi connectivity index (χ3n) is 5.59. The molecular weight excluding hydrogens is 593 g/mol. The standard InChI is InChI=1S/C19H13ClF9N3O2.C7H8/c20-10-1-2-13(30-6-10)14(31-16(33)32-7-17(24,25)18(26,27)8-32)9-3-11(21)5-12(4-9)34-19(28,29)15(22)23;1-7-5-3-2-4-6-7/h1-6,14-15H,7-8H2,(H,31,33);2-6H,1H3/t14-;/m0./s1. The number of nitrogens with one attached hydrogen (secondary N) is 1. The van der Waals surface area contributed by atoms with E-state index in [1.165, 1.54) is 17.7 Å². The Morgan fingerprint density at radius 3 is 2.12 bits per heavy atom. The minimum Gasteiger partial charge on any atom is -0.428 e. The maximum Gasteiger partial charge on any atom is 0.461 e. The van der Waals surface area contributed by atoms with E-state index < -0.39 is 66.7 Å². The second kappa shape index (κ2) is 12.5. The van der Waals surface area contributed by atoms with Gasteiger partial charge in [-0.25, -0.2) is 9.18 Å². The molecule has 1 N–H and O–H groups in total. The van der Waals surface area contributed by atoms with E-state index in [4.69, 9.17) is 11.6 Å². The zero-order chi connectivity index (χ0) is 30.6. The second-order valence-corrected chi connectivity index (χ2v) is 9.32. The van der Waals surface area contributed by atoms with Gasteiger partial charge in [-0.3, -0.25) is 4.98 Å². The highest BCUT2D eigenvalue weighted by Gasteiger charge is 2.64. The number of amides is 2. The second-order valence-electron chi connectivity index (χ2n) is 8.89. The Kier molecular flexibility index (Phi) is 9.67. The number of rotatable bonds is 6. The van der Waals surface area contributed by atoms with E-state index in [0.29, 0.717) is 18.2 Å². The fourth-order valence-corrected chi connectivity index (χ4v) is 3.67. The molecule has 2 aromatic carbocycles. The quantitative estimate of drug-likeness (QED) is 0.293. The molecule has 2 amide bonds. The van der Waals surface area contributed by atoms with Crippen LogP contribution in [-0.2, 0) is 0 Å². The Labute approximate surface area is 232 Å². The van der Waals surface area contributed by atoms with E-state index in [2.05, 4.69) is 34.1 Å². The van der Waals surface area contributed by atoms with Crippen molar-refractivity contribution in [2.45, 2.75) is 37.3 Å². The van der Waals surface area contributed by atoms with Crippen LogP contribution in [0, 0.1) is 12.7 Å². The van der Waals surface area contributed by atoms with Crippen LogP contribution in [0.5, 0.6) is 5.75 Å². The Morgan fingerprint density at radius 2 is 1.63 bits per heavy atom. The van der Waals surface area contributed by atoms with Crippen LogP contribution in [0.15, 0.2) is 66.9 Å². The third kappa shape index (κ3) is 8.18. The molecule has 3 aromatic rings. The lowest BCUT2D eigenvalue weighted by atomic mass is 10.0. The summed E-state index contributed by atoms with van der Waals surface area (Å²) in [4.78, 5) is 16.4. The lowest BCUT2D eigenvalue weighted by Crippen LogP contribution is -2.42. The molecule has 222 valence electrons. The van der Waals surface area contributed by atoms with Crippen molar-refractivity contribution in [1.29, 1.82) is 0 Å². The van der Waals surface area contributed by atoms with Crippen molar-refractivity contribution in [2.75, 3.05) is 13.1 Å². The Hall–Kier alpha value is -3.68. The van der Waals surface area contributed by atoms with Gasteiger partial charge in [0.05, 0.1) is 29.8 Å². The summed E-state index contributed by atoms with van der Waals surface area (Å²) < 4.78 is 123. The molecule has 0 unspecified atom stereocenters. The molecule has 0 saturated carbocycles. The number of carbonyl (C=O) groups is 1. The number of halogens is 10. The summed E-state index contributed by atoms with van der Waals surface area (Å²) >= 11 is 5.73. The number of carbonyl (C=O) groups excluding carboxylic acids is 1. The minimum absolute atomic E-state index is 0.102. The number of nitrogens with zero attached hydrogens (tertiary/aromatic N) is 2. The summed E-state index contributed by atoms with van der Waals surface area (Å²) in [6.45, 7) is -1.19. The van der Waals surface area contributed by atoms with Crippen LogP contribution in [0.4, 0.5) is 44.3 Å². The van der Waals surface area contributed by atoms with Gasteiger partial charge in [0.2, 0.25) is 0 Å². The van der Waals surface area contributed by atoms with Gasteiger partial charge < -0.3 is 15.0 Å². The van der Waals surface area contributed by atoms with Gasteiger partial charge in [0.1, 0.15) is 11.6 Å². The van der Waals surface area contributed by atoms with Crippen LogP contribution < -0.4 is 10.1 Å². The van der Waals surface area contributed by atoms with Crippen LogP contribution >= 0.6 is 11.6 Å². The molecule has 5 nitrogen and oxygen atoms in total. The van der Waals surface area contributed by atoms with E-state index in [0.717, 1.165) is 6.20 Å². The summed E-state index contributed by atoms with van der Waals surface area (Å²) in [6.07, 6.45) is -8.18. The average molecular weight is 614 g/mol. The minimum atomic E-state index is -4.99. The summed E-state index contributed by atoms with van der Waals surface area (Å²) in [6, 6.07) is 11.4. The van der Waals surface area contributed by atoms with E-state index in [-0.39, 0.29) is 15.6 Å². The summed E-state index contributed by atoms with van der Waals surface area (Å²) in [5.41, 5.74) is 0.774. The molecule has 1 fully saturated rings. The van der Waals surface area contributed by atoms with Crippen molar-refractivity contribution in [3.8, 4) is 5.75 Å². The lowest BCUT2D eigenvalue weighted by molar-refractivity contribution is -0.253. The van der Waals surface area contributed by atoms with E-state index in [1.807, 2.05) is 18.2 Å². The molecule has 1 aliphatic heterocycles. The van der Waals surface area contributed by atoms with Gasteiger partial charge in [-0.15, -0.1) is 0 Å². The average Bonchev–Trinajstić information content (AvgIpc) is 3.10. The van der Waals surface area contributed by atoms with Crippen molar-refractivity contribution in [3.63, 3.8) is 0 Å². The van der Waals surface area contributed by atoms with Crippen molar-refractivity contribution < 1.29 is 49.0 Å². The van der Waals surface area contributed by atoms with Gasteiger partial charge in [0.25, 0.3) is 0 Å². The third-order valence-corrected chi connectivity index (χ3v) is 5.81. The molecule has 1 aliphatic rings. The first-order valence-corrected chi connectivity index (χ1v) is 12.0. The predicted octanol–water partition coefficient (Wildman–Crippen LogP) is 7.49. The zero-order valence-electron chi connectivity index (χ0n) is 20.9. The van der Waals surface area contributed by atoms with Crippen LogP contribution in [0.3, 0.4) is 0 Å². The number of ether oxygens (including phenoxy) is 1. The van der Waals surface area contributed by atoms with E-state index in [9.17, 15) is 44.3 Å². The van der Waals surface area contributed by atoms with Crippen LogP contribution in [-0.4, -0.2) is 53.4 Å². The highest BCUT2D eigenvalue weighted by Crippen LogP contribution is 2.41. The Morgan fingerprint density at radius 1 is 1.02 bits per heavy atom. The number of pyridine rings is 1. The molecule has 1 atom stereocenters. The molecule has 2 heterocycles. The SMILES string of the molecule is Cc1ccccc1.O=C(N[C@@H](c1cc(F)cc(OC(F)(F)C(F)F)c1)c1ccc(Cl)cn1)N1CC(F)(F)C(F)(F)C1. The molecule has 41 heavy (non-hydrogen) atoms. The molecule has 1 aromatic heterocycles. The predicted molar refractivity (Wildman–Crippen MR) is 130 cm³/mol. The molecular formula is C26H21ClF9N3O2. The highest BCUT2D eigenvalue weighted by molar-refractivity contribution is 6.30. The molecule has 0 bridgehead atoms. The Balaban J connectivity index is 0.000000575. The van der Waals surface area contributed by atoms with Crippen molar-refractivity contribution in [1.82, 2.24) is 15.2 Å². The van der Waals surface area contributed by atoms with Crippen LogP contribution in [0.1, 0.15) is 22.9 Å². The fraction of sp³-hybridized carbons (Fsp3) is 0.308. The maximum absolute atomic E-state index is 14.1. The summed E-state index contributed by atoms with van der Waals surface area (Å²) in [5, 5.41) is 2.19. The first kappa shape index (κ1) is 31.8. The molecule has 0 spiro atoms. The van der Waals surface area contributed by atoms with Gasteiger partial charge >= 0.3 is 30.4 Å². The van der Waals surface area contributed by atoms with Crippen molar-refractivity contribution in [2.24, 2.45) is 0 Å². The largest absolute Gasteiger partial charge is 0.461 e. The number of hydrogen-bond acceptors (Lipinski definition) is 3. The van der Waals surface area contributed by atoms with E-state index >= 15 is 0 Å². The molecule has 4 rings (SSSR count). The topological polar surface area (TPSA) is 54.5 Å². The van der Waals surface area contributed by atoms with Crippen molar-refractivity contribution in [3.05, 3.63) is 94.5 Å². The monoisotopic (exact) mass is 613 g/mol. The van der Waals surface area contributed by atoms with Gasteiger partial charge in [0, 0.05) is 12.3 Å². The number of aromatic nitrogens is 1. The first-order chi connectivity index (χ1) is 19.0. The zero-order valence-corrected chi connectivity index (χ0v) is 21.7. The van der Waals surface area contributed by atoms with Gasteiger partial charge in [-0.2, -0.15) is 35.1 Å². The number of hydrogen-bond donors (Lipinski definition) is 1. The lowest BCUT2D eigenvalue weighted by Gasteiger charge is -2.24. The first-order valence-electron chi connectivity index (χ1n) is 11.6. The van der Waals surface area contributed by atoms with E-state index in [1.54, 1.807) is 0 Å². The number of urea groups is 1. The van der Waals surface area contributed by atoms with Crippen LogP contribution in [0.2, 0.25) is 5.02 Å². The molecule has 15 heteroatoms. The highest BCUT2D eigenvalue weighted by atomic mass is 35.5. The fourth-order valence-electron chi connectivity index (χ4n) is 3.56. The molecule has 0 aliphatic carbocycles. The number of alkyl halides is 8. The van der Waals surface area contributed by atoms with Gasteiger partial charge in [0.15, 0.2) is 0 Å². The summed E-state index contributed by atoms with van der Waals surface area (Å²) in [7, 11) is 0.